The zero-order valence-electron chi connectivity index (χ0n) is 16.7. The largest absolute Gasteiger partial charge is 0.488 e. The van der Waals surface area contributed by atoms with Crippen molar-refractivity contribution in [1.29, 1.82) is 0 Å². The number of amides is 1. The van der Waals surface area contributed by atoms with E-state index in [4.69, 9.17) is 9.47 Å². The van der Waals surface area contributed by atoms with Gasteiger partial charge < -0.3 is 19.9 Å². The summed E-state index contributed by atoms with van der Waals surface area (Å²) in [5.41, 5.74) is 2.03. The van der Waals surface area contributed by atoms with Crippen LogP contribution >= 0.6 is 11.3 Å². The van der Waals surface area contributed by atoms with Crippen molar-refractivity contribution in [2.24, 2.45) is 0 Å². The number of pyridine rings is 1. The number of esters is 1. The van der Waals surface area contributed by atoms with Gasteiger partial charge in [0.1, 0.15) is 18.1 Å². The van der Waals surface area contributed by atoms with Gasteiger partial charge in [0.2, 0.25) is 0 Å². The molecule has 1 aliphatic heterocycles. The number of aromatic nitrogens is 1. The highest BCUT2D eigenvalue weighted by atomic mass is 32.1. The van der Waals surface area contributed by atoms with E-state index in [2.05, 4.69) is 10.3 Å². The first-order chi connectivity index (χ1) is 14.9. The molecule has 0 radical (unpaired) electrons. The molecule has 0 bridgehead atoms. The maximum atomic E-state index is 12.4. The maximum Gasteiger partial charge on any atom is 0.357 e. The molecule has 0 saturated carbocycles. The summed E-state index contributed by atoms with van der Waals surface area (Å²) in [4.78, 5) is 41.8. The van der Waals surface area contributed by atoms with E-state index in [0.717, 1.165) is 10.4 Å². The third kappa shape index (κ3) is 3.64. The highest BCUT2D eigenvalue weighted by Crippen LogP contribution is 2.44. The van der Waals surface area contributed by atoms with Crippen molar-refractivity contribution in [1.82, 2.24) is 10.3 Å². The van der Waals surface area contributed by atoms with Crippen LogP contribution < -0.4 is 10.1 Å². The van der Waals surface area contributed by atoms with Crippen LogP contribution in [0.3, 0.4) is 0 Å². The highest BCUT2D eigenvalue weighted by molar-refractivity contribution is 7.13. The van der Waals surface area contributed by atoms with Gasteiger partial charge in [0.05, 0.1) is 12.7 Å². The van der Waals surface area contributed by atoms with Crippen molar-refractivity contribution in [2.45, 2.75) is 13.5 Å². The van der Waals surface area contributed by atoms with Gasteiger partial charge in [0.15, 0.2) is 5.69 Å². The topological polar surface area (TPSA) is 115 Å². The van der Waals surface area contributed by atoms with Gasteiger partial charge in [-0.3, -0.25) is 4.79 Å². The molecule has 4 rings (SSSR count). The van der Waals surface area contributed by atoms with Gasteiger partial charge in [0.25, 0.3) is 5.91 Å². The molecule has 31 heavy (non-hydrogen) atoms. The number of hydrogen-bond donors (Lipinski definition) is 2. The van der Waals surface area contributed by atoms with Crippen LogP contribution in [0.15, 0.2) is 35.7 Å². The number of carbonyl (C=O) groups excluding carboxylic acids is 2. The van der Waals surface area contributed by atoms with Gasteiger partial charge in [-0.1, -0.05) is 0 Å². The van der Waals surface area contributed by atoms with E-state index in [1.807, 2.05) is 11.4 Å². The lowest BCUT2D eigenvalue weighted by atomic mass is 9.93. The van der Waals surface area contributed by atoms with Gasteiger partial charge >= 0.3 is 11.9 Å². The van der Waals surface area contributed by atoms with Gasteiger partial charge in [-0.25, -0.2) is 14.6 Å². The van der Waals surface area contributed by atoms with Crippen molar-refractivity contribution in [3.63, 3.8) is 0 Å². The van der Waals surface area contributed by atoms with Crippen LogP contribution in [0.5, 0.6) is 5.75 Å². The minimum absolute atomic E-state index is 0.0127. The summed E-state index contributed by atoms with van der Waals surface area (Å²) in [5, 5.41) is 14.4. The van der Waals surface area contributed by atoms with Crippen molar-refractivity contribution >= 4 is 29.2 Å². The van der Waals surface area contributed by atoms with Crippen LogP contribution in [0.4, 0.5) is 0 Å². The number of hydrogen-bond acceptors (Lipinski definition) is 7. The monoisotopic (exact) mass is 438 g/mol. The first-order valence-electron chi connectivity index (χ1n) is 9.43. The number of carboxylic acids is 1. The van der Waals surface area contributed by atoms with Gasteiger partial charge in [-0.2, -0.15) is 0 Å². The second kappa shape index (κ2) is 8.19. The Morgan fingerprint density at radius 1 is 1.19 bits per heavy atom. The summed E-state index contributed by atoms with van der Waals surface area (Å²) in [6.07, 6.45) is 0. The summed E-state index contributed by atoms with van der Waals surface area (Å²) in [5.74, 6) is -1.88. The SMILES string of the molecule is CCNC(=O)c1ccc(-c2cc3c(cc2C(=O)O)-c2sccc2CO3)c(C(=O)OC)n1. The van der Waals surface area contributed by atoms with Gasteiger partial charge in [-0.05, 0) is 42.6 Å². The molecule has 0 unspecified atom stereocenters. The number of thiophene rings is 1. The zero-order valence-corrected chi connectivity index (χ0v) is 17.5. The Hall–Kier alpha value is -3.72. The summed E-state index contributed by atoms with van der Waals surface area (Å²) in [6.45, 7) is 2.53. The third-order valence-corrected chi connectivity index (χ3v) is 5.85. The fraction of sp³-hybridized carbons (Fsp3) is 0.182. The Morgan fingerprint density at radius 2 is 2.00 bits per heavy atom. The molecule has 3 heterocycles. The number of fused-ring (bicyclic) bond motifs is 3. The zero-order chi connectivity index (χ0) is 22.1. The smallest absolute Gasteiger partial charge is 0.357 e. The molecule has 0 saturated heterocycles. The fourth-order valence-electron chi connectivity index (χ4n) is 3.42. The number of carbonyl (C=O) groups is 3. The van der Waals surface area contributed by atoms with E-state index in [1.165, 1.54) is 30.6 Å². The lowest BCUT2D eigenvalue weighted by molar-refractivity contribution is 0.0593. The van der Waals surface area contributed by atoms with E-state index >= 15 is 0 Å². The maximum absolute atomic E-state index is 12.4. The Bertz CT molecular complexity index is 1220. The van der Waals surface area contributed by atoms with E-state index < -0.39 is 17.8 Å². The number of carboxylic acid groups (broad SMARTS) is 1. The standard InChI is InChI=1S/C22H18N2O6S/c1-3-23-20(25)16-5-4-12(18(24-16)22(28)29-2)13-9-17-15(8-14(13)21(26)27)19-11(10-30-17)6-7-31-19/h4-9H,3,10H2,1-2H3,(H,23,25)(H,26,27). The van der Waals surface area contributed by atoms with Crippen molar-refractivity contribution in [3.05, 3.63) is 58.2 Å². The molecular weight excluding hydrogens is 420 g/mol. The molecule has 1 aromatic carbocycles. The molecule has 0 atom stereocenters. The first kappa shape index (κ1) is 20.5. The number of nitrogens with zero attached hydrogens (tertiary/aromatic N) is 1. The van der Waals surface area contributed by atoms with Crippen LogP contribution in [0, 0.1) is 0 Å². The van der Waals surface area contributed by atoms with Crippen LogP contribution in [0.25, 0.3) is 21.6 Å². The van der Waals surface area contributed by atoms with Crippen LogP contribution in [-0.4, -0.2) is 41.6 Å². The number of nitrogens with one attached hydrogen (secondary N) is 1. The number of rotatable bonds is 5. The molecule has 158 valence electrons. The molecule has 8 nitrogen and oxygen atoms in total. The highest BCUT2D eigenvalue weighted by Gasteiger charge is 2.27. The number of aromatic carboxylic acids is 1. The van der Waals surface area contributed by atoms with E-state index in [0.29, 0.717) is 24.5 Å². The molecular formula is C22H18N2O6S. The summed E-state index contributed by atoms with van der Waals surface area (Å²) in [7, 11) is 1.19. The quantitative estimate of drug-likeness (QED) is 0.585. The Kier molecular flexibility index (Phi) is 5.43. The normalized spacial score (nSPS) is 11.7. The average molecular weight is 438 g/mol. The second-order valence-corrected chi connectivity index (χ2v) is 7.62. The number of methoxy groups -OCH3 is 1. The Labute approximate surface area is 181 Å². The minimum atomic E-state index is -1.16. The molecule has 1 amide bonds. The van der Waals surface area contributed by atoms with Crippen molar-refractivity contribution in [3.8, 4) is 27.3 Å². The van der Waals surface area contributed by atoms with Crippen molar-refractivity contribution in [2.75, 3.05) is 13.7 Å². The summed E-state index contributed by atoms with van der Waals surface area (Å²) in [6, 6.07) is 8.01. The third-order valence-electron chi connectivity index (χ3n) is 4.86. The van der Waals surface area contributed by atoms with Gasteiger partial charge in [0, 0.05) is 33.7 Å². The van der Waals surface area contributed by atoms with E-state index in [-0.39, 0.29) is 28.1 Å². The molecule has 9 heteroatoms. The molecule has 1 aliphatic rings. The first-order valence-corrected chi connectivity index (χ1v) is 10.3. The molecule has 0 fully saturated rings. The fourth-order valence-corrected chi connectivity index (χ4v) is 4.36. The summed E-state index contributed by atoms with van der Waals surface area (Å²) < 4.78 is 10.7. The number of ether oxygens (including phenoxy) is 2. The molecule has 0 spiro atoms. The second-order valence-electron chi connectivity index (χ2n) is 6.71. The minimum Gasteiger partial charge on any atom is -0.488 e. The van der Waals surface area contributed by atoms with E-state index in [9.17, 15) is 19.5 Å². The predicted octanol–water partition coefficient (Wildman–Crippen LogP) is 3.60. The van der Waals surface area contributed by atoms with E-state index in [1.54, 1.807) is 19.1 Å². The van der Waals surface area contributed by atoms with Crippen LogP contribution in [0.2, 0.25) is 0 Å². The molecule has 2 N–H and O–H groups in total. The lowest BCUT2D eigenvalue weighted by Crippen LogP contribution is -2.24. The molecule has 2 aromatic heterocycles. The Morgan fingerprint density at radius 3 is 2.71 bits per heavy atom. The lowest BCUT2D eigenvalue weighted by Gasteiger charge is -2.20. The van der Waals surface area contributed by atoms with Gasteiger partial charge in [-0.15, -0.1) is 11.3 Å². The Balaban J connectivity index is 1.92. The van der Waals surface area contributed by atoms with Crippen LogP contribution in [0.1, 0.15) is 43.8 Å². The van der Waals surface area contributed by atoms with Crippen molar-refractivity contribution < 1.29 is 29.0 Å². The molecule has 0 aliphatic carbocycles. The van der Waals surface area contributed by atoms with Crippen LogP contribution in [-0.2, 0) is 11.3 Å². The number of benzene rings is 1. The average Bonchev–Trinajstić information content (AvgIpc) is 3.26. The molecule has 3 aromatic rings. The summed E-state index contributed by atoms with van der Waals surface area (Å²) >= 11 is 1.51. The predicted molar refractivity (Wildman–Crippen MR) is 114 cm³/mol.